The Morgan fingerprint density at radius 3 is 2.57 bits per heavy atom. The van der Waals surface area contributed by atoms with E-state index in [0.717, 1.165) is 28.2 Å². The van der Waals surface area contributed by atoms with E-state index in [1.165, 1.54) is 4.40 Å². The highest BCUT2D eigenvalue weighted by Crippen LogP contribution is 2.29. The fourth-order valence-electron chi connectivity index (χ4n) is 2.55. The summed E-state index contributed by atoms with van der Waals surface area (Å²) in [5, 5.41) is 1.01. The molecule has 4 rings (SSSR count). The average molecular weight is 313 g/mol. The number of rotatable bonds is 1. The molecule has 0 aliphatic heterocycles. The molecule has 0 radical (unpaired) electrons. The first-order valence-corrected chi connectivity index (χ1v) is 6.92. The minimum absolute atomic E-state index is 0.264. The van der Waals surface area contributed by atoms with E-state index >= 15 is 0 Å². The SMILES string of the molecule is FC(F)(F)c1cn2cc(-c3ccc4cccnc4c3)ccc2n1. The predicted molar refractivity (Wildman–Crippen MR) is 80.9 cm³/mol. The fourth-order valence-corrected chi connectivity index (χ4v) is 2.55. The molecular formula is C17H10F3N3. The number of imidazole rings is 1. The Balaban J connectivity index is 1.84. The molecule has 114 valence electrons. The molecule has 0 bridgehead atoms. The highest BCUT2D eigenvalue weighted by atomic mass is 19.4. The second-order valence-electron chi connectivity index (χ2n) is 5.22. The van der Waals surface area contributed by atoms with Gasteiger partial charge in [-0.15, -0.1) is 0 Å². The van der Waals surface area contributed by atoms with Crippen LogP contribution in [0.4, 0.5) is 13.2 Å². The Hall–Kier alpha value is -2.89. The third kappa shape index (κ3) is 2.42. The van der Waals surface area contributed by atoms with Gasteiger partial charge in [-0.2, -0.15) is 13.2 Å². The zero-order chi connectivity index (χ0) is 16.0. The summed E-state index contributed by atoms with van der Waals surface area (Å²) < 4.78 is 39.6. The number of benzene rings is 1. The van der Waals surface area contributed by atoms with E-state index in [1.54, 1.807) is 24.5 Å². The van der Waals surface area contributed by atoms with E-state index in [1.807, 2.05) is 30.3 Å². The third-order valence-electron chi connectivity index (χ3n) is 3.68. The maximum Gasteiger partial charge on any atom is 0.434 e. The number of alkyl halides is 3. The van der Waals surface area contributed by atoms with Crippen molar-refractivity contribution in [2.45, 2.75) is 6.18 Å². The summed E-state index contributed by atoms with van der Waals surface area (Å²) in [6.45, 7) is 0. The normalized spacial score (nSPS) is 12.1. The third-order valence-corrected chi connectivity index (χ3v) is 3.68. The van der Waals surface area contributed by atoms with Crippen LogP contribution < -0.4 is 0 Å². The highest BCUT2D eigenvalue weighted by molar-refractivity contribution is 5.84. The fraction of sp³-hybridized carbons (Fsp3) is 0.0588. The lowest BCUT2D eigenvalue weighted by Gasteiger charge is -2.04. The standard InChI is InChI=1S/C17H10F3N3/c18-17(19,20)15-10-23-9-13(5-6-16(23)22-15)12-4-3-11-2-1-7-21-14(11)8-12/h1-10H. The molecule has 0 aliphatic rings. The topological polar surface area (TPSA) is 30.2 Å². The van der Waals surface area contributed by atoms with Crippen molar-refractivity contribution in [2.75, 3.05) is 0 Å². The number of pyridine rings is 2. The smallest absolute Gasteiger partial charge is 0.306 e. The van der Waals surface area contributed by atoms with Gasteiger partial charge in [-0.3, -0.25) is 4.98 Å². The van der Waals surface area contributed by atoms with E-state index < -0.39 is 11.9 Å². The summed E-state index contributed by atoms with van der Waals surface area (Å²) in [5.41, 5.74) is 1.90. The van der Waals surface area contributed by atoms with Gasteiger partial charge in [0.25, 0.3) is 0 Å². The van der Waals surface area contributed by atoms with Gasteiger partial charge < -0.3 is 4.40 Å². The number of fused-ring (bicyclic) bond motifs is 2. The molecule has 0 saturated carbocycles. The molecule has 6 heteroatoms. The highest BCUT2D eigenvalue weighted by Gasteiger charge is 2.33. The molecule has 0 spiro atoms. The molecular weight excluding hydrogens is 303 g/mol. The molecule has 0 N–H and O–H groups in total. The summed E-state index contributed by atoms with van der Waals surface area (Å²) >= 11 is 0. The first-order valence-electron chi connectivity index (χ1n) is 6.92. The summed E-state index contributed by atoms with van der Waals surface area (Å²) in [6, 6.07) is 12.9. The van der Waals surface area contributed by atoms with Crippen LogP contribution in [0.1, 0.15) is 5.69 Å². The Labute approximate surface area is 129 Å². The van der Waals surface area contributed by atoms with Gasteiger partial charge >= 0.3 is 6.18 Å². The largest absolute Gasteiger partial charge is 0.434 e. The quantitative estimate of drug-likeness (QED) is 0.515. The van der Waals surface area contributed by atoms with Gasteiger partial charge in [0.1, 0.15) is 5.65 Å². The average Bonchev–Trinajstić information content (AvgIpc) is 2.98. The minimum atomic E-state index is -4.45. The molecule has 3 heterocycles. The van der Waals surface area contributed by atoms with Crippen molar-refractivity contribution in [3.05, 3.63) is 66.7 Å². The monoisotopic (exact) mass is 313 g/mol. The molecule has 0 saturated heterocycles. The zero-order valence-corrected chi connectivity index (χ0v) is 11.7. The van der Waals surface area contributed by atoms with Crippen LogP contribution in [0, 0.1) is 0 Å². The van der Waals surface area contributed by atoms with Gasteiger partial charge in [-0.1, -0.05) is 18.2 Å². The van der Waals surface area contributed by atoms with Crippen molar-refractivity contribution in [2.24, 2.45) is 0 Å². The summed E-state index contributed by atoms with van der Waals surface area (Å²) in [7, 11) is 0. The lowest BCUT2D eigenvalue weighted by atomic mass is 10.1. The van der Waals surface area contributed by atoms with Crippen LogP contribution >= 0.6 is 0 Å². The number of hydrogen-bond donors (Lipinski definition) is 0. The van der Waals surface area contributed by atoms with Gasteiger partial charge in [0.05, 0.1) is 5.52 Å². The zero-order valence-electron chi connectivity index (χ0n) is 11.7. The summed E-state index contributed by atoms with van der Waals surface area (Å²) in [5.74, 6) is 0. The van der Waals surface area contributed by atoms with Gasteiger partial charge in [0.2, 0.25) is 0 Å². The maximum absolute atomic E-state index is 12.7. The molecule has 3 nitrogen and oxygen atoms in total. The van der Waals surface area contributed by atoms with E-state index in [4.69, 9.17) is 0 Å². The molecule has 3 aromatic heterocycles. The molecule has 0 aliphatic carbocycles. The first-order chi connectivity index (χ1) is 11.0. The number of nitrogens with zero attached hydrogens (tertiary/aromatic N) is 3. The van der Waals surface area contributed by atoms with Crippen molar-refractivity contribution in [1.29, 1.82) is 0 Å². The van der Waals surface area contributed by atoms with Crippen molar-refractivity contribution in [3.8, 4) is 11.1 Å². The Kier molecular flexibility index (Phi) is 2.87. The lowest BCUT2D eigenvalue weighted by molar-refractivity contribution is -0.140. The van der Waals surface area contributed by atoms with E-state index in [-0.39, 0.29) is 5.65 Å². The van der Waals surface area contributed by atoms with Crippen molar-refractivity contribution >= 4 is 16.6 Å². The Morgan fingerprint density at radius 2 is 1.74 bits per heavy atom. The molecule has 23 heavy (non-hydrogen) atoms. The van der Waals surface area contributed by atoms with Crippen LogP contribution in [0.5, 0.6) is 0 Å². The molecule has 4 aromatic rings. The van der Waals surface area contributed by atoms with Crippen LogP contribution in [-0.2, 0) is 6.18 Å². The maximum atomic E-state index is 12.7. The molecule has 0 atom stereocenters. The Bertz CT molecular complexity index is 1020. The second-order valence-corrected chi connectivity index (χ2v) is 5.22. The van der Waals surface area contributed by atoms with Gasteiger partial charge in [-0.25, -0.2) is 4.98 Å². The first kappa shape index (κ1) is 13.8. The molecule has 1 aromatic carbocycles. The van der Waals surface area contributed by atoms with E-state index in [9.17, 15) is 13.2 Å². The van der Waals surface area contributed by atoms with Crippen molar-refractivity contribution < 1.29 is 13.2 Å². The summed E-state index contributed by atoms with van der Waals surface area (Å²) in [4.78, 5) is 7.89. The van der Waals surface area contributed by atoms with Gasteiger partial charge in [0.15, 0.2) is 5.69 Å². The number of hydrogen-bond acceptors (Lipinski definition) is 2. The second kappa shape index (κ2) is 4.81. The van der Waals surface area contributed by atoms with Gasteiger partial charge in [-0.05, 0) is 35.4 Å². The summed E-state index contributed by atoms with van der Waals surface area (Å²) in [6.07, 6.45) is -0.0976. The van der Waals surface area contributed by atoms with Gasteiger partial charge in [0, 0.05) is 24.0 Å². The van der Waals surface area contributed by atoms with Crippen LogP contribution in [0.15, 0.2) is 61.1 Å². The van der Waals surface area contributed by atoms with Crippen molar-refractivity contribution in [1.82, 2.24) is 14.4 Å². The van der Waals surface area contributed by atoms with E-state index in [0.29, 0.717) is 0 Å². The minimum Gasteiger partial charge on any atom is -0.306 e. The molecule has 0 amide bonds. The lowest BCUT2D eigenvalue weighted by Crippen LogP contribution is -2.04. The van der Waals surface area contributed by atoms with Crippen LogP contribution in [-0.4, -0.2) is 14.4 Å². The Morgan fingerprint density at radius 1 is 0.913 bits per heavy atom. The molecule has 0 unspecified atom stereocenters. The van der Waals surface area contributed by atoms with Crippen molar-refractivity contribution in [3.63, 3.8) is 0 Å². The van der Waals surface area contributed by atoms with E-state index in [2.05, 4.69) is 9.97 Å². The van der Waals surface area contributed by atoms with Crippen LogP contribution in [0.2, 0.25) is 0 Å². The molecule has 0 fully saturated rings. The number of halogens is 3. The van der Waals surface area contributed by atoms with Crippen LogP contribution in [0.25, 0.3) is 27.7 Å². The number of aromatic nitrogens is 3. The van der Waals surface area contributed by atoms with Crippen LogP contribution in [0.3, 0.4) is 0 Å². The predicted octanol–water partition coefficient (Wildman–Crippen LogP) is 4.57.